The molecule has 0 spiro atoms. The summed E-state index contributed by atoms with van der Waals surface area (Å²) in [7, 11) is -1.39. The highest BCUT2D eigenvalue weighted by Crippen LogP contribution is 2.51. The van der Waals surface area contributed by atoms with E-state index in [4.69, 9.17) is 21.7 Å². The summed E-state index contributed by atoms with van der Waals surface area (Å²) in [4.78, 5) is 57.2. The SMILES string of the molecule is NC(CSCC(=O)CNCCNS(=O)CCC1([C@H](O)C(=O)NCCNC(=O)CSCC(N)C(=O)O)CC1)C(=O)O. The molecule has 3 unspecified atom stereocenters. The van der Waals surface area contributed by atoms with Crippen molar-refractivity contribution < 1.29 is 43.5 Å². The van der Waals surface area contributed by atoms with Crippen LogP contribution in [0.1, 0.15) is 19.3 Å². The second-order valence-corrected chi connectivity index (χ2v) is 12.7. The van der Waals surface area contributed by atoms with Crippen molar-refractivity contribution in [3.05, 3.63) is 0 Å². The second kappa shape index (κ2) is 19.3. The third-order valence-corrected chi connectivity index (χ3v) is 9.15. The summed E-state index contributed by atoms with van der Waals surface area (Å²) >= 11 is 2.24. The lowest BCUT2D eigenvalue weighted by Crippen LogP contribution is -2.44. The molecule has 0 heterocycles. The van der Waals surface area contributed by atoms with Gasteiger partial charge in [-0.3, -0.25) is 24.0 Å². The Morgan fingerprint density at radius 3 is 2.02 bits per heavy atom. The number of carbonyl (C=O) groups excluding carboxylic acids is 3. The maximum Gasteiger partial charge on any atom is 0.321 e. The highest BCUT2D eigenvalue weighted by atomic mass is 32.2. The number of carboxylic acids is 2. The number of nitrogens with one attached hydrogen (secondary N) is 4. The van der Waals surface area contributed by atoms with Gasteiger partial charge in [-0.1, -0.05) is 0 Å². The van der Waals surface area contributed by atoms with E-state index in [-0.39, 0.29) is 60.1 Å². The van der Waals surface area contributed by atoms with E-state index in [1.807, 2.05) is 0 Å². The first kappa shape index (κ1) is 36.2. The molecular weight excluding hydrogens is 588 g/mol. The Morgan fingerprint density at radius 2 is 1.45 bits per heavy atom. The van der Waals surface area contributed by atoms with E-state index < -0.39 is 52.4 Å². The Kier molecular flexibility index (Phi) is 17.5. The minimum absolute atomic E-state index is 0.0327. The quantitative estimate of drug-likeness (QED) is 0.0469. The number of amides is 2. The molecule has 1 fully saturated rings. The molecule has 11 N–H and O–H groups in total. The average Bonchev–Trinajstić information content (AvgIpc) is 3.70. The highest BCUT2D eigenvalue weighted by molar-refractivity contribution is 8.00. The zero-order valence-electron chi connectivity index (χ0n) is 22.1. The Hall–Kier alpha value is -1.80. The van der Waals surface area contributed by atoms with Crippen LogP contribution in [0.5, 0.6) is 0 Å². The monoisotopic (exact) mass is 628 g/mol. The van der Waals surface area contributed by atoms with Gasteiger partial charge in [-0.2, -0.15) is 11.8 Å². The fourth-order valence-corrected chi connectivity index (χ4v) is 5.97. The Labute approximate surface area is 243 Å². The van der Waals surface area contributed by atoms with Crippen molar-refractivity contribution in [1.29, 1.82) is 0 Å². The van der Waals surface area contributed by atoms with Crippen LogP contribution in [0, 0.1) is 5.41 Å². The molecule has 0 aromatic carbocycles. The fourth-order valence-electron chi connectivity index (χ4n) is 3.26. The molecule has 4 atom stereocenters. The van der Waals surface area contributed by atoms with Gasteiger partial charge in [0.25, 0.3) is 0 Å². The van der Waals surface area contributed by atoms with E-state index >= 15 is 0 Å². The molecule has 18 heteroatoms. The Morgan fingerprint density at radius 1 is 0.875 bits per heavy atom. The van der Waals surface area contributed by atoms with Crippen molar-refractivity contribution in [2.45, 2.75) is 37.5 Å². The lowest BCUT2D eigenvalue weighted by molar-refractivity contribution is -0.138. The summed E-state index contributed by atoms with van der Waals surface area (Å²) in [6.45, 7) is 1.06. The number of thioether (sulfide) groups is 2. The lowest BCUT2D eigenvalue weighted by Gasteiger charge is -2.21. The van der Waals surface area contributed by atoms with Crippen LogP contribution < -0.4 is 32.1 Å². The zero-order valence-corrected chi connectivity index (χ0v) is 24.5. The molecule has 230 valence electrons. The van der Waals surface area contributed by atoms with E-state index in [1.165, 1.54) is 0 Å². The van der Waals surface area contributed by atoms with Crippen molar-refractivity contribution in [2.24, 2.45) is 16.9 Å². The minimum atomic E-state index is -1.39. The van der Waals surface area contributed by atoms with Gasteiger partial charge in [-0.15, -0.1) is 11.8 Å². The second-order valence-electron chi connectivity index (χ2n) is 9.24. The first-order chi connectivity index (χ1) is 18.9. The normalized spacial score (nSPS) is 16.8. The fraction of sp³-hybridized carbons (Fsp3) is 0.773. The summed E-state index contributed by atoms with van der Waals surface area (Å²) in [6.07, 6.45) is 0.382. The third-order valence-electron chi connectivity index (χ3n) is 5.86. The minimum Gasteiger partial charge on any atom is -0.480 e. The smallest absolute Gasteiger partial charge is 0.321 e. The van der Waals surface area contributed by atoms with Crippen molar-refractivity contribution in [1.82, 2.24) is 20.7 Å². The van der Waals surface area contributed by atoms with Crippen LogP contribution in [-0.4, -0.2) is 129 Å². The molecule has 0 bridgehead atoms. The number of rotatable bonds is 24. The number of carboxylic acid groups (broad SMARTS) is 2. The van der Waals surface area contributed by atoms with Gasteiger partial charge >= 0.3 is 11.9 Å². The molecule has 1 saturated carbocycles. The molecule has 0 radical (unpaired) electrons. The van der Waals surface area contributed by atoms with Gasteiger partial charge in [-0.05, 0) is 19.3 Å². The number of hydrogen-bond donors (Lipinski definition) is 9. The van der Waals surface area contributed by atoms with Crippen molar-refractivity contribution >= 4 is 64.0 Å². The lowest BCUT2D eigenvalue weighted by atomic mass is 9.95. The number of ketones is 1. The zero-order chi connectivity index (χ0) is 30.1. The van der Waals surface area contributed by atoms with E-state index in [0.717, 1.165) is 23.5 Å². The number of aliphatic hydroxyl groups is 1. The molecule has 2 amide bonds. The molecule has 0 aliphatic heterocycles. The van der Waals surface area contributed by atoms with Gasteiger partial charge in [-0.25, -0.2) is 8.93 Å². The number of hydrogen-bond acceptors (Lipinski definition) is 12. The number of aliphatic hydroxyl groups excluding tert-OH is 1. The van der Waals surface area contributed by atoms with Crippen molar-refractivity contribution in [2.75, 3.05) is 61.5 Å². The largest absolute Gasteiger partial charge is 0.480 e. The molecule has 0 saturated heterocycles. The van der Waals surface area contributed by atoms with Crippen LogP contribution in [-0.2, 0) is 35.0 Å². The maximum absolute atomic E-state index is 12.3. The predicted molar refractivity (Wildman–Crippen MR) is 153 cm³/mol. The van der Waals surface area contributed by atoms with Crippen LogP contribution in [0.25, 0.3) is 0 Å². The molecule has 0 aromatic rings. The first-order valence-electron chi connectivity index (χ1n) is 12.6. The standard InChI is InChI=1S/C22H40N6O9S3/c23-15(20(33)34)11-38-10-14(29)9-25-4-7-28-40(37)8-3-22(1-2-22)18(31)19(32)27-6-5-26-17(30)13-39-12-16(24)21(35)36/h15-16,18,25,28,31H,1-13,23-24H2,(H,26,30)(H,27,32)(H,33,34)(H,35,36)/t15?,16?,18-,40?/m1/s1. The number of aliphatic carboxylic acids is 2. The van der Waals surface area contributed by atoms with Gasteiger partial charge in [0.1, 0.15) is 18.2 Å². The summed E-state index contributed by atoms with van der Waals surface area (Å²) in [5.41, 5.74) is 10.1. The molecule has 1 rings (SSSR count). The highest BCUT2D eigenvalue weighted by Gasteiger charge is 2.51. The third kappa shape index (κ3) is 15.3. The van der Waals surface area contributed by atoms with E-state index in [9.17, 15) is 33.3 Å². The topological polar surface area (TPSA) is 263 Å². The van der Waals surface area contributed by atoms with Gasteiger partial charge < -0.3 is 42.7 Å². The van der Waals surface area contributed by atoms with Crippen LogP contribution in [0.4, 0.5) is 0 Å². The molecule has 0 aromatic heterocycles. The van der Waals surface area contributed by atoms with Crippen LogP contribution in [0.15, 0.2) is 0 Å². The maximum atomic E-state index is 12.3. The first-order valence-corrected chi connectivity index (χ1v) is 16.2. The number of nitrogens with two attached hydrogens (primary N) is 2. The Bertz CT molecular complexity index is 894. The molecule has 1 aliphatic carbocycles. The summed E-state index contributed by atoms with van der Waals surface area (Å²) in [6, 6.07) is -2.05. The predicted octanol–water partition coefficient (Wildman–Crippen LogP) is -3.55. The van der Waals surface area contributed by atoms with E-state index in [2.05, 4.69) is 20.7 Å². The van der Waals surface area contributed by atoms with E-state index in [0.29, 0.717) is 32.4 Å². The van der Waals surface area contributed by atoms with Crippen molar-refractivity contribution in [3.63, 3.8) is 0 Å². The molecule has 40 heavy (non-hydrogen) atoms. The van der Waals surface area contributed by atoms with E-state index in [1.54, 1.807) is 0 Å². The van der Waals surface area contributed by atoms with Crippen LogP contribution >= 0.6 is 23.5 Å². The van der Waals surface area contributed by atoms with Crippen molar-refractivity contribution in [3.8, 4) is 0 Å². The molecule has 1 aliphatic rings. The van der Waals surface area contributed by atoms with Crippen LogP contribution in [0.2, 0.25) is 0 Å². The molecular formula is C22H40N6O9S3. The number of carbonyl (C=O) groups is 5. The molecule has 15 nitrogen and oxygen atoms in total. The van der Waals surface area contributed by atoms with Gasteiger partial charge in [0, 0.05) is 48.9 Å². The van der Waals surface area contributed by atoms with Gasteiger partial charge in [0.2, 0.25) is 11.8 Å². The number of Topliss-reactive ketones (excluding diaryl/α,β-unsaturated/α-hetero) is 1. The summed E-state index contributed by atoms with van der Waals surface area (Å²) in [5, 5.41) is 36.0. The van der Waals surface area contributed by atoms with Gasteiger partial charge in [0.15, 0.2) is 5.78 Å². The summed E-state index contributed by atoms with van der Waals surface area (Å²) < 4.78 is 15.1. The Balaban J connectivity index is 2.14. The van der Waals surface area contributed by atoms with Gasteiger partial charge in [0.05, 0.1) is 29.0 Å². The average molecular weight is 629 g/mol. The van der Waals surface area contributed by atoms with Crippen LogP contribution in [0.3, 0.4) is 0 Å². The summed E-state index contributed by atoms with van der Waals surface area (Å²) in [5.74, 6) is -2.60.